The zero-order valence-corrected chi connectivity index (χ0v) is 19.4. The Morgan fingerprint density at radius 2 is 0.778 bits per heavy atom. The first-order chi connectivity index (χ1) is 13.1. The minimum Gasteiger partial charge on any atom is -0.330 e. The summed E-state index contributed by atoms with van der Waals surface area (Å²) in [5.41, 5.74) is 11.0. The van der Waals surface area contributed by atoms with Gasteiger partial charge in [-0.15, -0.1) is 0 Å². The second-order valence-electron chi connectivity index (χ2n) is 8.36. The van der Waals surface area contributed by atoms with Crippen LogP contribution in [0.4, 0.5) is 0 Å². The van der Waals surface area contributed by atoms with Gasteiger partial charge in [0.15, 0.2) is 0 Å². The van der Waals surface area contributed by atoms with Crippen LogP contribution in [-0.4, -0.2) is 73.5 Å². The van der Waals surface area contributed by atoms with Crippen LogP contribution in [0, 0.1) is 0 Å². The quantitative estimate of drug-likeness (QED) is 0.121. The van der Waals surface area contributed by atoms with Crippen molar-refractivity contribution in [3.63, 3.8) is 0 Å². The summed E-state index contributed by atoms with van der Waals surface area (Å²) in [5, 5.41) is 14.0. The molecule has 8 N–H and O–H groups in total. The highest BCUT2D eigenvalue weighted by molar-refractivity contribution is 6.77. The van der Waals surface area contributed by atoms with Gasteiger partial charge in [0.25, 0.3) is 0 Å². The molecule has 27 heavy (non-hydrogen) atoms. The Morgan fingerprint density at radius 1 is 0.481 bits per heavy atom. The third-order valence-corrected chi connectivity index (χ3v) is 8.36. The fourth-order valence-corrected chi connectivity index (χ4v) is 5.66. The molecule has 0 unspecified atom stereocenters. The standard InChI is InChI=1S/C20H50N6Si/c1-27(2,19-7-17-25-15-5-13-23-11-3-9-21)20-8-18-26-16-6-14-24-12-4-10-22/h23-26H,3-22H2,1-2H3. The smallest absolute Gasteiger partial charge is 0.0474 e. The summed E-state index contributed by atoms with van der Waals surface area (Å²) in [6.45, 7) is 15.6. The van der Waals surface area contributed by atoms with Crippen molar-refractivity contribution in [2.24, 2.45) is 11.5 Å². The highest BCUT2D eigenvalue weighted by Crippen LogP contribution is 2.18. The van der Waals surface area contributed by atoms with E-state index in [0.29, 0.717) is 0 Å². The van der Waals surface area contributed by atoms with Gasteiger partial charge in [0.2, 0.25) is 0 Å². The summed E-state index contributed by atoms with van der Waals surface area (Å²) in [7, 11) is -1.01. The lowest BCUT2D eigenvalue weighted by Gasteiger charge is -2.22. The van der Waals surface area contributed by atoms with Crippen LogP contribution in [0.3, 0.4) is 0 Å². The largest absolute Gasteiger partial charge is 0.330 e. The first kappa shape index (κ1) is 27.0. The van der Waals surface area contributed by atoms with Crippen LogP contribution >= 0.6 is 0 Å². The number of nitrogens with one attached hydrogen (secondary N) is 4. The first-order valence-electron chi connectivity index (χ1n) is 11.4. The van der Waals surface area contributed by atoms with Gasteiger partial charge >= 0.3 is 0 Å². The van der Waals surface area contributed by atoms with Crippen molar-refractivity contribution >= 4 is 8.07 Å². The molecule has 0 aliphatic heterocycles. The highest BCUT2D eigenvalue weighted by atomic mass is 28.3. The third-order valence-electron chi connectivity index (χ3n) is 4.94. The van der Waals surface area contributed by atoms with Gasteiger partial charge in [-0.05, 0) is 104 Å². The molecule has 164 valence electrons. The van der Waals surface area contributed by atoms with Crippen LogP contribution in [0.25, 0.3) is 0 Å². The molecule has 0 aromatic rings. The minimum absolute atomic E-state index is 0.786. The first-order valence-corrected chi connectivity index (χ1v) is 14.8. The number of rotatable bonds is 22. The maximum atomic E-state index is 5.48. The lowest BCUT2D eigenvalue weighted by Crippen LogP contribution is -2.29. The number of hydrogen-bond acceptors (Lipinski definition) is 6. The molecular formula is C20H50N6Si. The van der Waals surface area contributed by atoms with Crippen LogP contribution in [0.2, 0.25) is 25.2 Å². The van der Waals surface area contributed by atoms with E-state index in [2.05, 4.69) is 34.4 Å². The van der Waals surface area contributed by atoms with Gasteiger partial charge in [-0.2, -0.15) is 0 Å². The molecule has 0 aliphatic carbocycles. The summed E-state index contributed by atoms with van der Waals surface area (Å²) in [6.07, 6.45) is 7.24. The van der Waals surface area contributed by atoms with Crippen LogP contribution in [0.5, 0.6) is 0 Å². The predicted octanol–water partition coefficient (Wildman–Crippen LogP) is 1.31. The highest BCUT2D eigenvalue weighted by Gasteiger charge is 2.18. The molecule has 0 saturated heterocycles. The number of nitrogens with two attached hydrogens (primary N) is 2. The molecule has 7 heteroatoms. The monoisotopic (exact) mass is 402 g/mol. The van der Waals surface area contributed by atoms with E-state index in [1.54, 1.807) is 0 Å². The Kier molecular flexibility index (Phi) is 20.7. The molecule has 0 radical (unpaired) electrons. The fourth-order valence-electron chi connectivity index (χ4n) is 3.14. The average Bonchev–Trinajstić information content (AvgIpc) is 2.64. The molecule has 6 nitrogen and oxygen atoms in total. The van der Waals surface area contributed by atoms with Gasteiger partial charge in [0.05, 0.1) is 0 Å². The van der Waals surface area contributed by atoms with Crippen molar-refractivity contribution < 1.29 is 0 Å². The Labute approximate surface area is 170 Å². The second kappa shape index (κ2) is 20.7. The summed E-state index contributed by atoms with van der Waals surface area (Å²) in [6, 6.07) is 2.89. The van der Waals surface area contributed by atoms with Crippen LogP contribution in [-0.2, 0) is 0 Å². The van der Waals surface area contributed by atoms with Crippen molar-refractivity contribution in [3.8, 4) is 0 Å². The maximum Gasteiger partial charge on any atom is 0.0474 e. The molecule has 0 saturated carbocycles. The van der Waals surface area contributed by atoms with Crippen molar-refractivity contribution in [2.45, 2.75) is 63.7 Å². The summed E-state index contributed by atoms with van der Waals surface area (Å²) < 4.78 is 0. The van der Waals surface area contributed by atoms with E-state index in [0.717, 1.165) is 65.2 Å². The molecule has 0 aliphatic rings. The molecule has 0 bridgehead atoms. The molecule has 0 aromatic carbocycles. The molecule has 0 heterocycles. The van der Waals surface area contributed by atoms with Crippen LogP contribution in [0.1, 0.15) is 38.5 Å². The summed E-state index contributed by atoms with van der Waals surface area (Å²) in [4.78, 5) is 0. The summed E-state index contributed by atoms with van der Waals surface area (Å²) >= 11 is 0. The van der Waals surface area contributed by atoms with Crippen molar-refractivity contribution in [1.82, 2.24) is 21.3 Å². The van der Waals surface area contributed by atoms with E-state index < -0.39 is 8.07 Å². The van der Waals surface area contributed by atoms with Crippen LogP contribution < -0.4 is 32.7 Å². The SMILES string of the molecule is C[Si](C)(CCCNCCCNCCCN)CCCNCCCNCCCN. The van der Waals surface area contributed by atoms with Gasteiger partial charge in [-0.25, -0.2) is 0 Å². The van der Waals surface area contributed by atoms with E-state index in [4.69, 9.17) is 11.5 Å². The Morgan fingerprint density at radius 3 is 1.11 bits per heavy atom. The second-order valence-corrected chi connectivity index (χ2v) is 13.7. The molecular weight excluding hydrogens is 352 g/mol. The van der Waals surface area contributed by atoms with E-state index >= 15 is 0 Å². The van der Waals surface area contributed by atoms with Gasteiger partial charge in [-0.3, -0.25) is 0 Å². The fraction of sp³-hybridized carbons (Fsp3) is 1.00. The predicted molar refractivity (Wildman–Crippen MR) is 124 cm³/mol. The minimum atomic E-state index is -1.01. The van der Waals surface area contributed by atoms with E-state index in [-0.39, 0.29) is 0 Å². The topological polar surface area (TPSA) is 100 Å². The van der Waals surface area contributed by atoms with Crippen molar-refractivity contribution in [1.29, 1.82) is 0 Å². The van der Waals surface area contributed by atoms with Gasteiger partial charge in [0, 0.05) is 8.07 Å². The van der Waals surface area contributed by atoms with Gasteiger partial charge in [-0.1, -0.05) is 25.2 Å². The van der Waals surface area contributed by atoms with Crippen molar-refractivity contribution in [2.75, 3.05) is 65.4 Å². The molecule has 0 aromatic heterocycles. The lowest BCUT2D eigenvalue weighted by atomic mass is 10.3. The Bertz CT molecular complexity index is 266. The molecule has 0 amide bonds. The van der Waals surface area contributed by atoms with Gasteiger partial charge in [0.1, 0.15) is 0 Å². The molecule has 0 spiro atoms. The number of hydrogen-bond donors (Lipinski definition) is 6. The maximum absolute atomic E-state index is 5.48. The third kappa shape index (κ3) is 22.1. The average molecular weight is 403 g/mol. The lowest BCUT2D eigenvalue weighted by molar-refractivity contribution is 0.580. The zero-order valence-electron chi connectivity index (χ0n) is 18.4. The van der Waals surface area contributed by atoms with E-state index in [1.807, 2.05) is 0 Å². The van der Waals surface area contributed by atoms with E-state index in [9.17, 15) is 0 Å². The van der Waals surface area contributed by atoms with Crippen molar-refractivity contribution in [3.05, 3.63) is 0 Å². The van der Waals surface area contributed by atoms with E-state index in [1.165, 1.54) is 50.9 Å². The Balaban J connectivity index is 3.31. The van der Waals surface area contributed by atoms with Crippen LogP contribution in [0.15, 0.2) is 0 Å². The normalized spacial score (nSPS) is 12.0. The zero-order chi connectivity index (χ0) is 20.1. The molecule has 0 atom stereocenters. The molecule has 0 fully saturated rings. The van der Waals surface area contributed by atoms with Gasteiger partial charge < -0.3 is 32.7 Å². The Hall–Kier alpha value is -0.0231. The summed E-state index contributed by atoms with van der Waals surface area (Å²) in [5.74, 6) is 0. The molecule has 0 rings (SSSR count).